The van der Waals surface area contributed by atoms with E-state index in [0.717, 1.165) is 5.56 Å². The normalized spacial score (nSPS) is 10.2. The maximum Gasteiger partial charge on any atom is 0.255 e. The number of rotatable bonds is 4. The number of hydrogen-bond donors (Lipinski definition) is 1. The largest absolute Gasteiger partial charge is 0.495 e. The highest BCUT2D eigenvalue weighted by Gasteiger charge is 2.15. The highest BCUT2D eigenvalue weighted by molar-refractivity contribution is 9.10. The summed E-state index contributed by atoms with van der Waals surface area (Å²) in [7, 11) is 3.06. The van der Waals surface area contributed by atoms with E-state index in [1.807, 2.05) is 6.92 Å². The molecule has 0 aliphatic carbocycles. The van der Waals surface area contributed by atoms with Crippen molar-refractivity contribution in [1.29, 1.82) is 0 Å². The molecule has 0 aromatic heterocycles. The van der Waals surface area contributed by atoms with E-state index in [4.69, 9.17) is 21.1 Å². The summed E-state index contributed by atoms with van der Waals surface area (Å²) in [5.74, 6) is 0.772. The van der Waals surface area contributed by atoms with Crippen molar-refractivity contribution in [2.45, 2.75) is 6.92 Å². The van der Waals surface area contributed by atoms with Crippen LogP contribution in [-0.2, 0) is 0 Å². The molecule has 22 heavy (non-hydrogen) atoms. The summed E-state index contributed by atoms with van der Waals surface area (Å²) in [6.07, 6.45) is 0. The molecule has 0 saturated heterocycles. The topological polar surface area (TPSA) is 47.6 Å². The van der Waals surface area contributed by atoms with Crippen molar-refractivity contribution in [3.05, 3.63) is 51.0 Å². The Morgan fingerprint density at radius 2 is 1.77 bits per heavy atom. The van der Waals surface area contributed by atoms with Gasteiger partial charge in [-0.3, -0.25) is 4.79 Å². The predicted molar refractivity (Wildman–Crippen MR) is 91.4 cm³/mol. The third kappa shape index (κ3) is 3.36. The van der Waals surface area contributed by atoms with Crippen molar-refractivity contribution < 1.29 is 14.3 Å². The Labute approximate surface area is 142 Å². The van der Waals surface area contributed by atoms with Crippen molar-refractivity contribution in [3.63, 3.8) is 0 Å². The highest BCUT2D eigenvalue weighted by Crippen LogP contribution is 2.36. The van der Waals surface area contributed by atoms with Crippen LogP contribution in [0.1, 0.15) is 15.9 Å². The fourth-order valence-corrected chi connectivity index (χ4v) is 2.67. The predicted octanol–water partition coefficient (Wildman–Crippen LogP) is 4.68. The molecule has 1 N–H and O–H groups in total. The molecule has 0 aliphatic rings. The molecule has 0 spiro atoms. The molecule has 4 nitrogen and oxygen atoms in total. The van der Waals surface area contributed by atoms with E-state index < -0.39 is 0 Å². The number of carbonyl (C=O) groups is 1. The van der Waals surface area contributed by atoms with Crippen LogP contribution in [0.2, 0.25) is 5.02 Å². The maximum atomic E-state index is 12.4. The Morgan fingerprint density at radius 3 is 2.32 bits per heavy atom. The lowest BCUT2D eigenvalue weighted by Gasteiger charge is -2.13. The van der Waals surface area contributed by atoms with E-state index in [-0.39, 0.29) is 5.91 Å². The van der Waals surface area contributed by atoms with Crippen LogP contribution in [0, 0.1) is 6.92 Å². The molecule has 0 saturated carbocycles. The molecule has 1 amide bonds. The number of amides is 1. The molecule has 116 valence electrons. The minimum atomic E-state index is -0.269. The van der Waals surface area contributed by atoms with Crippen LogP contribution in [0.4, 0.5) is 5.69 Å². The van der Waals surface area contributed by atoms with Crippen LogP contribution >= 0.6 is 27.5 Å². The van der Waals surface area contributed by atoms with Crippen LogP contribution in [0.25, 0.3) is 0 Å². The van der Waals surface area contributed by atoms with Crippen LogP contribution < -0.4 is 14.8 Å². The SMILES string of the molecule is COc1cc(C(=O)Nc2cccc(Cl)c2C)cc(OC)c1Br. The fourth-order valence-electron chi connectivity index (χ4n) is 1.94. The van der Waals surface area contributed by atoms with E-state index in [1.54, 1.807) is 30.3 Å². The summed E-state index contributed by atoms with van der Waals surface area (Å²) in [6.45, 7) is 1.85. The lowest BCUT2D eigenvalue weighted by Crippen LogP contribution is -2.13. The van der Waals surface area contributed by atoms with Gasteiger partial charge in [0.05, 0.1) is 14.2 Å². The number of methoxy groups -OCH3 is 2. The molecule has 2 rings (SSSR count). The van der Waals surface area contributed by atoms with E-state index >= 15 is 0 Å². The first-order chi connectivity index (χ1) is 10.5. The molecule has 2 aromatic rings. The van der Waals surface area contributed by atoms with Gasteiger partial charge in [0.15, 0.2) is 0 Å². The Morgan fingerprint density at radius 1 is 1.18 bits per heavy atom. The number of ether oxygens (including phenoxy) is 2. The molecule has 0 unspecified atom stereocenters. The zero-order valence-electron chi connectivity index (χ0n) is 12.4. The first-order valence-corrected chi connectivity index (χ1v) is 7.63. The van der Waals surface area contributed by atoms with Gasteiger partial charge in [0.1, 0.15) is 16.0 Å². The molecule has 2 aromatic carbocycles. The monoisotopic (exact) mass is 383 g/mol. The van der Waals surface area contributed by atoms with Crippen LogP contribution in [0.3, 0.4) is 0 Å². The quantitative estimate of drug-likeness (QED) is 0.832. The molecular formula is C16H15BrClNO3. The van der Waals surface area contributed by atoms with Gasteiger partial charge in [-0.2, -0.15) is 0 Å². The van der Waals surface area contributed by atoms with E-state index in [1.165, 1.54) is 14.2 Å². The summed E-state index contributed by atoms with van der Waals surface area (Å²) in [5.41, 5.74) is 1.91. The van der Waals surface area contributed by atoms with E-state index in [0.29, 0.717) is 32.2 Å². The summed E-state index contributed by atoms with van der Waals surface area (Å²) in [6, 6.07) is 8.64. The molecule has 0 heterocycles. The van der Waals surface area contributed by atoms with Gasteiger partial charge >= 0.3 is 0 Å². The third-order valence-corrected chi connectivity index (χ3v) is 4.41. The first kappa shape index (κ1) is 16.6. The summed E-state index contributed by atoms with van der Waals surface area (Å²) in [4.78, 5) is 12.4. The zero-order chi connectivity index (χ0) is 16.3. The smallest absolute Gasteiger partial charge is 0.255 e. The van der Waals surface area contributed by atoms with Gasteiger partial charge in [-0.15, -0.1) is 0 Å². The highest BCUT2D eigenvalue weighted by atomic mass is 79.9. The maximum absolute atomic E-state index is 12.4. The van der Waals surface area contributed by atoms with Crippen LogP contribution in [-0.4, -0.2) is 20.1 Å². The summed E-state index contributed by atoms with van der Waals surface area (Å²) in [5, 5.41) is 3.44. The summed E-state index contributed by atoms with van der Waals surface area (Å²) >= 11 is 9.44. The Bertz CT molecular complexity index is 694. The zero-order valence-corrected chi connectivity index (χ0v) is 14.7. The average Bonchev–Trinajstić information content (AvgIpc) is 2.52. The molecule has 0 atom stereocenters. The second kappa shape index (κ2) is 7.03. The molecule has 0 radical (unpaired) electrons. The van der Waals surface area contributed by atoms with E-state index in [2.05, 4.69) is 21.2 Å². The molecule has 0 aliphatic heterocycles. The van der Waals surface area contributed by atoms with Gasteiger partial charge in [0, 0.05) is 16.3 Å². The van der Waals surface area contributed by atoms with Crippen molar-refractivity contribution in [1.82, 2.24) is 0 Å². The van der Waals surface area contributed by atoms with Gasteiger partial charge < -0.3 is 14.8 Å². The standard InChI is InChI=1S/C16H15BrClNO3/c1-9-11(18)5-4-6-12(9)19-16(20)10-7-13(21-2)15(17)14(8-10)22-3/h4-8H,1-3H3,(H,19,20). The van der Waals surface area contributed by atoms with Crippen molar-refractivity contribution in [3.8, 4) is 11.5 Å². The van der Waals surface area contributed by atoms with Crippen molar-refractivity contribution in [2.75, 3.05) is 19.5 Å². The number of nitrogens with one attached hydrogen (secondary N) is 1. The van der Waals surface area contributed by atoms with Crippen LogP contribution in [0.5, 0.6) is 11.5 Å². The fraction of sp³-hybridized carbons (Fsp3) is 0.188. The summed E-state index contributed by atoms with van der Waals surface area (Å²) < 4.78 is 11.1. The Balaban J connectivity index is 2.35. The minimum Gasteiger partial charge on any atom is -0.495 e. The lowest BCUT2D eigenvalue weighted by atomic mass is 10.1. The van der Waals surface area contributed by atoms with E-state index in [9.17, 15) is 4.79 Å². The number of halogens is 2. The number of benzene rings is 2. The minimum absolute atomic E-state index is 0.269. The molecular weight excluding hydrogens is 370 g/mol. The van der Waals surface area contributed by atoms with Gasteiger partial charge in [-0.1, -0.05) is 17.7 Å². The Kier molecular flexibility index (Phi) is 5.32. The first-order valence-electron chi connectivity index (χ1n) is 6.46. The van der Waals surface area contributed by atoms with Gasteiger partial charge in [0.2, 0.25) is 0 Å². The molecule has 6 heteroatoms. The van der Waals surface area contributed by atoms with Gasteiger partial charge in [0.25, 0.3) is 5.91 Å². The Hall–Kier alpha value is -1.72. The number of hydrogen-bond acceptors (Lipinski definition) is 3. The van der Waals surface area contributed by atoms with Crippen molar-refractivity contribution >= 4 is 39.1 Å². The lowest BCUT2D eigenvalue weighted by molar-refractivity contribution is 0.102. The number of anilines is 1. The third-order valence-electron chi connectivity index (χ3n) is 3.22. The van der Waals surface area contributed by atoms with Crippen molar-refractivity contribution in [2.24, 2.45) is 0 Å². The second-order valence-electron chi connectivity index (χ2n) is 4.56. The average molecular weight is 385 g/mol. The number of carbonyl (C=O) groups excluding carboxylic acids is 1. The second-order valence-corrected chi connectivity index (χ2v) is 5.76. The molecule has 0 bridgehead atoms. The van der Waals surface area contributed by atoms with Crippen LogP contribution in [0.15, 0.2) is 34.8 Å². The van der Waals surface area contributed by atoms with Gasteiger partial charge in [-0.05, 0) is 52.7 Å². The molecule has 0 fully saturated rings. The van der Waals surface area contributed by atoms with Gasteiger partial charge in [-0.25, -0.2) is 0 Å².